The average Bonchev–Trinajstić information content (AvgIpc) is 3.04. The Balaban J connectivity index is 1.49. The van der Waals surface area contributed by atoms with Crippen LogP contribution in [0.3, 0.4) is 0 Å². The van der Waals surface area contributed by atoms with Crippen molar-refractivity contribution in [3.8, 4) is 0 Å². The Morgan fingerprint density at radius 2 is 1.79 bits per heavy atom. The molecule has 0 radical (unpaired) electrons. The van der Waals surface area contributed by atoms with E-state index >= 15 is 0 Å². The maximum absolute atomic E-state index is 10.6. The Morgan fingerprint density at radius 1 is 0.964 bits per heavy atom. The van der Waals surface area contributed by atoms with Gasteiger partial charge in [0.1, 0.15) is 0 Å². The first kappa shape index (κ1) is 21.0. The third-order valence-corrected chi connectivity index (χ3v) is 10.4. The number of rotatable bonds is 6. The first-order valence-electron chi connectivity index (χ1n) is 12.7. The number of fused-ring (bicyclic) bond motifs is 5. The minimum Gasteiger partial charge on any atom is -0.396 e. The Kier molecular flexibility index (Phi) is 6.05. The molecule has 8 atom stereocenters. The molecule has 0 aliphatic heterocycles. The van der Waals surface area contributed by atoms with E-state index in [1.807, 2.05) is 0 Å². The van der Waals surface area contributed by atoms with Crippen molar-refractivity contribution in [2.75, 3.05) is 6.61 Å². The lowest BCUT2D eigenvalue weighted by Crippen LogP contribution is -2.55. The van der Waals surface area contributed by atoms with Crippen LogP contribution < -0.4 is 0 Å². The van der Waals surface area contributed by atoms with Crippen molar-refractivity contribution in [2.24, 2.45) is 52.3 Å². The summed E-state index contributed by atoms with van der Waals surface area (Å²) in [6.45, 7) is 10.4. The molecule has 0 amide bonds. The zero-order valence-electron chi connectivity index (χ0n) is 19.1. The molecule has 0 saturated heterocycles. The van der Waals surface area contributed by atoms with E-state index in [2.05, 4.69) is 39.8 Å². The van der Waals surface area contributed by atoms with Crippen molar-refractivity contribution in [1.29, 1.82) is 0 Å². The van der Waals surface area contributed by atoms with Crippen LogP contribution in [-0.2, 0) is 0 Å². The van der Waals surface area contributed by atoms with Gasteiger partial charge in [0.25, 0.3) is 0 Å². The maximum atomic E-state index is 10.6. The van der Waals surface area contributed by atoms with Gasteiger partial charge in [0.2, 0.25) is 0 Å². The van der Waals surface area contributed by atoms with Gasteiger partial charge in [-0.05, 0) is 98.2 Å². The molecule has 1 N–H and O–H groups in total. The van der Waals surface area contributed by atoms with Crippen molar-refractivity contribution < 1.29 is 5.11 Å². The number of allylic oxidation sites excluding steroid dienone is 2. The smallest absolute Gasteiger partial charge is 0.0495 e. The second kappa shape index (κ2) is 8.09. The van der Waals surface area contributed by atoms with Crippen LogP contribution in [0.15, 0.2) is 12.2 Å². The van der Waals surface area contributed by atoms with Crippen LogP contribution in [0.25, 0.3) is 0 Å². The highest BCUT2D eigenvalue weighted by Crippen LogP contribution is 2.68. The molecule has 4 aliphatic carbocycles. The number of hydrogen-bond donors (Lipinski definition) is 1. The third-order valence-electron chi connectivity index (χ3n) is 10.4. The molecule has 0 unspecified atom stereocenters. The summed E-state index contributed by atoms with van der Waals surface area (Å²) in [5, 5.41) is 10.6. The number of aliphatic hydroxyl groups excluding tert-OH is 1. The van der Waals surface area contributed by atoms with Gasteiger partial charge >= 0.3 is 0 Å². The topological polar surface area (TPSA) is 20.2 Å². The molecule has 28 heavy (non-hydrogen) atoms. The highest BCUT2D eigenvalue weighted by molar-refractivity contribution is 5.13. The van der Waals surface area contributed by atoms with Crippen molar-refractivity contribution >= 4 is 0 Å². The fourth-order valence-corrected chi connectivity index (χ4v) is 8.96. The first-order chi connectivity index (χ1) is 13.4. The quantitative estimate of drug-likeness (QED) is 0.477. The summed E-state index contributed by atoms with van der Waals surface area (Å²) in [6, 6.07) is 0. The fraction of sp³-hybridized carbons (Fsp3) is 0.926. The van der Waals surface area contributed by atoms with Crippen LogP contribution in [0.5, 0.6) is 0 Å². The van der Waals surface area contributed by atoms with Gasteiger partial charge in [0, 0.05) is 12.0 Å². The molecule has 0 bridgehead atoms. The molecule has 1 nitrogen and oxygen atoms in total. The highest BCUT2D eigenvalue weighted by Gasteiger charge is 2.60. The van der Waals surface area contributed by atoms with Gasteiger partial charge in [-0.25, -0.2) is 0 Å². The molecule has 3 fully saturated rings. The molecule has 160 valence electrons. The summed E-state index contributed by atoms with van der Waals surface area (Å²) >= 11 is 0. The number of hydrogen-bond acceptors (Lipinski definition) is 1. The number of aliphatic hydroxyl groups is 1. The van der Waals surface area contributed by atoms with Gasteiger partial charge in [0.15, 0.2) is 0 Å². The Hall–Kier alpha value is -0.300. The monoisotopic (exact) mass is 386 g/mol. The lowest BCUT2D eigenvalue weighted by Gasteiger charge is -2.60. The van der Waals surface area contributed by atoms with Crippen LogP contribution in [0, 0.1) is 52.3 Å². The standard InChI is InChI=1S/C27H46O/c1-19(2)8-7-9-20(3)23-13-14-24-22-12-11-21-10-5-6-16-27(21,18-28)25(22)15-17-26(23,24)4/h5-6,19-25,28H,7-18H2,1-4H3/t20-,21-,22+,23-,24+,25+,26-,27-/m1/s1. The summed E-state index contributed by atoms with van der Waals surface area (Å²) < 4.78 is 0. The molecule has 1 heteroatoms. The second-order valence-electron chi connectivity index (χ2n) is 12.0. The van der Waals surface area contributed by atoms with E-state index in [9.17, 15) is 5.11 Å². The van der Waals surface area contributed by atoms with Gasteiger partial charge in [-0.1, -0.05) is 59.1 Å². The van der Waals surface area contributed by atoms with Gasteiger partial charge < -0.3 is 5.11 Å². The van der Waals surface area contributed by atoms with Gasteiger partial charge in [0.05, 0.1) is 0 Å². The molecular weight excluding hydrogens is 340 g/mol. The second-order valence-corrected chi connectivity index (χ2v) is 12.0. The van der Waals surface area contributed by atoms with Crippen molar-refractivity contribution in [2.45, 2.75) is 98.3 Å². The minimum absolute atomic E-state index is 0.222. The van der Waals surface area contributed by atoms with Crippen LogP contribution in [-0.4, -0.2) is 11.7 Å². The van der Waals surface area contributed by atoms with Crippen LogP contribution in [0.4, 0.5) is 0 Å². The average molecular weight is 387 g/mol. The SMILES string of the molecule is CC(C)CCC[C@@H](C)[C@H]1CC[C@H]2[C@@H]3CC[C@H]4CC=CC[C@]4(CO)[C@H]3CC[C@]12C. The Labute approximate surface area is 174 Å². The summed E-state index contributed by atoms with van der Waals surface area (Å²) in [5.74, 6) is 6.05. The molecular formula is C27H46O. The van der Waals surface area contributed by atoms with E-state index in [1.54, 1.807) is 0 Å². The van der Waals surface area contributed by atoms with E-state index in [0.717, 1.165) is 47.8 Å². The predicted octanol–water partition coefficient (Wildman–Crippen LogP) is 7.25. The van der Waals surface area contributed by atoms with Gasteiger partial charge in [-0.3, -0.25) is 0 Å². The zero-order valence-corrected chi connectivity index (χ0v) is 19.1. The largest absolute Gasteiger partial charge is 0.396 e. The zero-order chi connectivity index (χ0) is 19.9. The summed E-state index contributed by atoms with van der Waals surface area (Å²) in [7, 11) is 0. The molecule has 0 aromatic carbocycles. The molecule has 0 aromatic rings. The molecule has 0 aromatic heterocycles. The van der Waals surface area contributed by atoms with Crippen LogP contribution >= 0.6 is 0 Å². The minimum atomic E-state index is 0.222. The normalized spacial score (nSPS) is 46.1. The fourth-order valence-electron chi connectivity index (χ4n) is 8.96. The first-order valence-corrected chi connectivity index (χ1v) is 12.7. The van der Waals surface area contributed by atoms with Crippen LogP contribution in [0.2, 0.25) is 0 Å². The Morgan fingerprint density at radius 3 is 2.54 bits per heavy atom. The lowest BCUT2D eigenvalue weighted by atomic mass is 9.44. The van der Waals surface area contributed by atoms with Gasteiger partial charge in [-0.15, -0.1) is 0 Å². The lowest BCUT2D eigenvalue weighted by molar-refractivity contribution is -0.127. The summed E-state index contributed by atoms with van der Waals surface area (Å²) in [6.07, 6.45) is 20.0. The summed E-state index contributed by atoms with van der Waals surface area (Å²) in [4.78, 5) is 0. The maximum Gasteiger partial charge on any atom is 0.0495 e. The van der Waals surface area contributed by atoms with Crippen molar-refractivity contribution in [3.05, 3.63) is 12.2 Å². The molecule has 4 aliphatic rings. The van der Waals surface area contributed by atoms with Crippen LogP contribution in [0.1, 0.15) is 98.3 Å². The van der Waals surface area contributed by atoms with Gasteiger partial charge in [-0.2, -0.15) is 0 Å². The van der Waals surface area contributed by atoms with Crippen molar-refractivity contribution in [1.82, 2.24) is 0 Å². The van der Waals surface area contributed by atoms with E-state index < -0.39 is 0 Å². The molecule has 0 spiro atoms. The van der Waals surface area contributed by atoms with E-state index in [1.165, 1.54) is 64.2 Å². The highest BCUT2D eigenvalue weighted by atomic mass is 16.3. The molecule has 4 rings (SSSR count). The van der Waals surface area contributed by atoms with E-state index in [0.29, 0.717) is 12.0 Å². The van der Waals surface area contributed by atoms with Crippen molar-refractivity contribution in [3.63, 3.8) is 0 Å². The Bertz CT molecular complexity index is 565. The summed E-state index contributed by atoms with van der Waals surface area (Å²) in [5.41, 5.74) is 0.798. The predicted molar refractivity (Wildman–Crippen MR) is 119 cm³/mol. The van der Waals surface area contributed by atoms with E-state index in [4.69, 9.17) is 0 Å². The van der Waals surface area contributed by atoms with E-state index in [-0.39, 0.29) is 5.41 Å². The molecule has 0 heterocycles. The molecule has 3 saturated carbocycles. The third kappa shape index (κ3) is 3.32.